The minimum Gasteiger partial charge on any atom is -0.444 e. The van der Waals surface area contributed by atoms with Crippen LogP contribution >= 0.6 is 11.6 Å². The summed E-state index contributed by atoms with van der Waals surface area (Å²) in [5.74, 6) is 0.798. The number of ether oxygens (including phenoxy) is 1. The molecule has 26 heavy (non-hydrogen) atoms. The summed E-state index contributed by atoms with van der Waals surface area (Å²) in [5.41, 5.74) is -0.710. The van der Waals surface area contributed by atoms with Crippen LogP contribution in [0.5, 0.6) is 0 Å². The van der Waals surface area contributed by atoms with Crippen LogP contribution in [0, 0.1) is 16.0 Å². The number of nitro groups is 1. The lowest BCUT2D eigenvalue weighted by Gasteiger charge is -2.41. The van der Waals surface area contributed by atoms with Gasteiger partial charge in [-0.3, -0.25) is 10.1 Å². The minimum atomic E-state index is -0.564. The molecule has 0 aromatic carbocycles. The van der Waals surface area contributed by atoms with Crippen molar-refractivity contribution >= 4 is 29.2 Å². The van der Waals surface area contributed by atoms with Crippen molar-refractivity contribution < 1.29 is 14.5 Å². The molecular weight excluding hydrogens is 360 g/mol. The van der Waals surface area contributed by atoms with Crippen LogP contribution in [0.3, 0.4) is 0 Å². The minimum absolute atomic E-state index is 0.0253. The van der Waals surface area contributed by atoms with E-state index in [9.17, 15) is 14.9 Å². The van der Waals surface area contributed by atoms with Crippen LogP contribution in [0.25, 0.3) is 0 Å². The van der Waals surface area contributed by atoms with Crippen molar-refractivity contribution in [3.63, 3.8) is 0 Å². The van der Waals surface area contributed by atoms with Gasteiger partial charge >= 0.3 is 6.09 Å². The van der Waals surface area contributed by atoms with Crippen LogP contribution < -0.4 is 10.2 Å². The highest BCUT2D eigenvalue weighted by atomic mass is 35.5. The van der Waals surface area contributed by atoms with E-state index in [1.54, 1.807) is 0 Å². The van der Waals surface area contributed by atoms with E-state index in [4.69, 9.17) is 16.3 Å². The number of carbonyl (C=O) groups is 1. The number of alkyl carbamates (subject to hydrolysis) is 1. The lowest BCUT2D eigenvalue weighted by atomic mass is 9.90. The van der Waals surface area contributed by atoms with Crippen molar-refractivity contribution in [2.24, 2.45) is 5.92 Å². The first-order chi connectivity index (χ1) is 12.1. The molecule has 0 saturated carbocycles. The molecule has 1 aliphatic rings. The summed E-state index contributed by atoms with van der Waals surface area (Å²) in [6.45, 7) is 8.63. The Kier molecular flexibility index (Phi) is 6.28. The van der Waals surface area contributed by atoms with Gasteiger partial charge in [-0.2, -0.15) is 0 Å². The third kappa shape index (κ3) is 5.20. The Labute approximate surface area is 158 Å². The number of nitrogens with one attached hydrogen (secondary N) is 1. The molecule has 1 fully saturated rings. The van der Waals surface area contributed by atoms with Crippen molar-refractivity contribution in [3.8, 4) is 0 Å². The Morgan fingerprint density at radius 3 is 2.81 bits per heavy atom. The molecule has 1 aromatic rings. The number of nitrogens with zero attached hydrogens (tertiary/aromatic N) is 3. The summed E-state index contributed by atoms with van der Waals surface area (Å²) < 4.78 is 5.29. The van der Waals surface area contributed by atoms with E-state index < -0.39 is 16.6 Å². The number of piperidine rings is 1. The Morgan fingerprint density at radius 2 is 2.23 bits per heavy atom. The fourth-order valence-electron chi connectivity index (χ4n) is 3.06. The predicted octanol–water partition coefficient (Wildman–Crippen LogP) is 3.77. The molecule has 2 rings (SSSR count). The average molecular weight is 385 g/mol. The zero-order chi connectivity index (χ0) is 19.5. The molecule has 0 radical (unpaired) electrons. The first kappa shape index (κ1) is 20.2. The van der Waals surface area contributed by atoms with Crippen LogP contribution in [0.2, 0.25) is 5.02 Å². The summed E-state index contributed by atoms with van der Waals surface area (Å²) in [5, 5.41) is 13.9. The number of hydrogen-bond donors (Lipinski definition) is 1. The van der Waals surface area contributed by atoms with E-state index >= 15 is 0 Å². The van der Waals surface area contributed by atoms with Crippen LogP contribution in [-0.4, -0.2) is 40.7 Å². The Bertz CT molecular complexity index is 677. The van der Waals surface area contributed by atoms with Crippen molar-refractivity contribution in [1.29, 1.82) is 0 Å². The van der Waals surface area contributed by atoms with E-state index in [0.717, 1.165) is 19.4 Å². The first-order valence-corrected chi connectivity index (χ1v) is 8.99. The maximum absolute atomic E-state index is 12.0. The highest BCUT2D eigenvalue weighted by molar-refractivity contribution is 6.33. The number of hydrogen-bond acceptors (Lipinski definition) is 6. The number of aromatic nitrogens is 1. The molecule has 1 amide bonds. The molecular formula is C17H25ClN4O4. The van der Waals surface area contributed by atoms with Crippen LogP contribution in [0.4, 0.5) is 16.3 Å². The zero-order valence-corrected chi connectivity index (χ0v) is 16.2. The van der Waals surface area contributed by atoms with Crippen LogP contribution in [0.1, 0.15) is 40.5 Å². The summed E-state index contributed by atoms with van der Waals surface area (Å²) in [6, 6.07) is 1.28. The third-order valence-corrected chi connectivity index (χ3v) is 4.54. The summed E-state index contributed by atoms with van der Waals surface area (Å²) in [4.78, 5) is 28.5. The van der Waals surface area contributed by atoms with Gasteiger partial charge in [-0.05, 0) is 39.5 Å². The highest BCUT2D eigenvalue weighted by Crippen LogP contribution is 2.33. The van der Waals surface area contributed by atoms with E-state index in [-0.39, 0.29) is 16.8 Å². The van der Waals surface area contributed by atoms with Gasteiger partial charge in [-0.15, -0.1) is 0 Å². The second-order valence-corrected chi connectivity index (χ2v) is 7.93. The van der Waals surface area contributed by atoms with E-state index in [2.05, 4.69) is 17.2 Å². The SMILES string of the molecule is CC1CCCN(c2ncc([N+](=O)[O-])cc2Cl)C1CNC(=O)OC(C)(C)C. The predicted molar refractivity (Wildman–Crippen MR) is 99.7 cm³/mol. The van der Waals surface area contributed by atoms with E-state index in [1.165, 1.54) is 12.3 Å². The molecule has 1 saturated heterocycles. The van der Waals surface area contributed by atoms with Gasteiger partial charge in [0, 0.05) is 19.2 Å². The number of anilines is 1. The highest BCUT2D eigenvalue weighted by Gasteiger charge is 2.32. The number of carbonyl (C=O) groups excluding carboxylic acids is 1. The number of pyridine rings is 1. The third-order valence-electron chi connectivity index (χ3n) is 4.26. The van der Waals surface area contributed by atoms with Gasteiger partial charge in [0.2, 0.25) is 0 Å². The maximum atomic E-state index is 12.0. The van der Waals surface area contributed by atoms with Crippen molar-refractivity contribution in [2.75, 3.05) is 18.0 Å². The van der Waals surface area contributed by atoms with Gasteiger partial charge < -0.3 is 15.0 Å². The standard InChI is InChI=1S/C17H25ClN4O4/c1-11-6-5-7-21(14(11)10-20-16(23)26-17(2,3)4)15-13(18)8-12(9-19-15)22(24)25/h8-9,11,14H,5-7,10H2,1-4H3,(H,20,23). The fraction of sp³-hybridized carbons (Fsp3) is 0.647. The second-order valence-electron chi connectivity index (χ2n) is 7.52. The summed E-state index contributed by atoms with van der Waals surface area (Å²) in [6.07, 6.45) is 2.71. The number of halogens is 1. The molecule has 144 valence electrons. The van der Waals surface area contributed by atoms with E-state index in [1.807, 2.05) is 25.7 Å². The molecule has 1 aliphatic heterocycles. The fourth-order valence-corrected chi connectivity index (χ4v) is 3.33. The Hall–Kier alpha value is -2.09. The van der Waals surface area contributed by atoms with Gasteiger partial charge in [-0.1, -0.05) is 18.5 Å². The molecule has 2 heterocycles. The van der Waals surface area contributed by atoms with Crippen molar-refractivity contribution in [1.82, 2.24) is 10.3 Å². The van der Waals surface area contributed by atoms with Gasteiger partial charge in [0.15, 0.2) is 0 Å². The van der Waals surface area contributed by atoms with Gasteiger partial charge in [0.25, 0.3) is 5.69 Å². The van der Waals surface area contributed by atoms with Crippen LogP contribution in [0.15, 0.2) is 12.3 Å². The Balaban J connectivity index is 2.15. The molecule has 1 N–H and O–H groups in total. The molecule has 8 nitrogen and oxygen atoms in total. The normalized spacial score (nSPS) is 20.6. The van der Waals surface area contributed by atoms with Gasteiger partial charge in [0.1, 0.15) is 17.6 Å². The van der Waals surface area contributed by atoms with Gasteiger partial charge in [0.05, 0.1) is 16.0 Å². The molecule has 2 unspecified atom stereocenters. The molecule has 2 atom stereocenters. The molecule has 1 aromatic heterocycles. The quantitative estimate of drug-likeness (QED) is 0.626. The van der Waals surface area contributed by atoms with Crippen molar-refractivity contribution in [3.05, 3.63) is 27.4 Å². The van der Waals surface area contributed by atoms with Gasteiger partial charge in [-0.25, -0.2) is 9.78 Å². The Morgan fingerprint density at radius 1 is 1.54 bits per heavy atom. The number of amides is 1. The number of rotatable bonds is 4. The zero-order valence-electron chi connectivity index (χ0n) is 15.5. The molecule has 0 aliphatic carbocycles. The maximum Gasteiger partial charge on any atom is 0.407 e. The molecule has 9 heteroatoms. The smallest absolute Gasteiger partial charge is 0.407 e. The first-order valence-electron chi connectivity index (χ1n) is 8.62. The average Bonchev–Trinajstić information content (AvgIpc) is 2.51. The summed E-state index contributed by atoms with van der Waals surface area (Å²) >= 11 is 6.25. The largest absolute Gasteiger partial charge is 0.444 e. The molecule has 0 bridgehead atoms. The monoisotopic (exact) mass is 384 g/mol. The lowest BCUT2D eigenvalue weighted by molar-refractivity contribution is -0.385. The summed E-state index contributed by atoms with van der Waals surface area (Å²) in [7, 11) is 0. The van der Waals surface area contributed by atoms with E-state index in [0.29, 0.717) is 18.3 Å². The van der Waals surface area contributed by atoms with Crippen molar-refractivity contribution in [2.45, 2.75) is 52.2 Å². The second kappa shape index (κ2) is 8.07. The van der Waals surface area contributed by atoms with Crippen LogP contribution in [-0.2, 0) is 4.74 Å². The molecule has 0 spiro atoms. The lowest BCUT2D eigenvalue weighted by Crippen LogP contribution is -2.51. The topological polar surface area (TPSA) is 97.6 Å².